The Kier molecular flexibility index (Phi) is 12.6. The fourth-order valence-corrected chi connectivity index (χ4v) is 2.66. The third-order valence-electron chi connectivity index (χ3n) is 4.61. The molecule has 0 aliphatic heterocycles. The fraction of sp³-hybridized carbons (Fsp3) is 0.684. The minimum Gasteiger partial charge on any atom is -0.481 e. The first kappa shape index (κ1) is 29.7. The molecule has 4 amide bonds. The predicted molar refractivity (Wildman–Crippen MR) is 113 cm³/mol. The van der Waals surface area contributed by atoms with Gasteiger partial charge in [-0.3, -0.25) is 24.0 Å². The summed E-state index contributed by atoms with van der Waals surface area (Å²) in [7, 11) is 0. The molecular formula is C19H33N5O9. The van der Waals surface area contributed by atoms with Crippen LogP contribution in [0.4, 0.5) is 0 Å². The maximum Gasteiger partial charge on any atom is 0.326 e. The summed E-state index contributed by atoms with van der Waals surface area (Å²) < 4.78 is 0. The van der Waals surface area contributed by atoms with Gasteiger partial charge in [0.2, 0.25) is 23.6 Å². The highest BCUT2D eigenvalue weighted by atomic mass is 16.4. The molecule has 5 unspecified atom stereocenters. The molecule has 0 aromatic carbocycles. The molecule has 0 spiro atoms. The molecule has 0 bridgehead atoms. The molecule has 14 nitrogen and oxygen atoms in total. The average molecular weight is 475 g/mol. The van der Waals surface area contributed by atoms with Crippen molar-refractivity contribution < 1.29 is 44.1 Å². The van der Waals surface area contributed by atoms with Crippen LogP contribution in [-0.4, -0.2) is 81.2 Å². The first-order valence-corrected chi connectivity index (χ1v) is 10.2. The van der Waals surface area contributed by atoms with Gasteiger partial charge in [0.25, 0.3) is 0 Å². The van der Waals surface area contributed by atoms with Crippen molar-refractivity contribution in [2.24, 2.45) is 17.4 Å². The van der Waals surface area contributed by atoms with Crippen LogP contribution >= 0.6 is 0 Å². The van der Waals surface area contributed by atoms with Gasteiger partial charge in [-0.1, -0.05) is 13.8 Å². The van der Waals surface area contributed by atoms with Gasteiger partial charge in [0.15, 0.2) is 0 Å². The van der Waals surface area contributed by atoms with E-state index in [4.69, 9.17) is 16.6 Å². The monoisotopic (exact) mass is 475 g/mol. The Bertz CT molecular complexity index is 741. The Balaban J connectivity index is 5.32. The lowest BCUT2D eigenvalue weighted by molar-refractivity contribution is -0.143. The molecule has 0 rings (SSSR count). The molecule has 188 valence electrons. The van der Waals surface area contributed by atoms with Gasteiger partial charge in [0, 0.05) is 12.8 Å². The highest BCUT2D eigenvalue weighted by Gasteiger charge is 2.33. The number of rotatable bonds is 15. The highest BCUT2D eigenvalue weighted by Crippen LogP contribution is 2.07. The minimum absolute atomic E-state index is 0.200. The Labute approximate surface area is 190 Å². The zero-order chi connectivity index (χ0) is 25.9. The Morgan fingerprint density at radius 1 is 0.788 bits per heavy atom. The fourth-order valence-electron chi connectivity index (χ4n) is 2.66. The number of carboxylic acid groups (broad SMARTS) is 2. The standard InChI is InChI=1S/C19H33N5O9/c1-8(2)14(17(30)22-11(19(32)33)5-6-12(21)26)23-18(31)15(9(3)25)24-16(29)10(20)4-7-13(27)28/h8-11,14-15,25H,4-7,20H2,1-3H3,(H2,21,26)(H,22,30)(H,23,31)(H,24,29)(H,27,28)(H,32,33). The second kappa shape index (κ2) is 14.0. The molecule has 14 heteroatoms. The summed E-state index contributed by atoms with van der Waals surface area (Å²) in [5.74, 6) is -6.51. The number of aliphatic hydroxyl groups excluding tert-OH is 1. The van der Waals surface area contributed by atoms with Gasteiger partial charge in [0.05, 0.1) is 12.1 Å². The number of aliphatic carboxylic acids is 2. The predicted octanol–water partition coefficient (Wildman–Crippen LogP) is -2.98. The van der Waals surface area contributed by atoms with Crippen molar-refractivity contribution in [1.82, 2.24) is 16.0 Å². The summed E-state index contributed by atoms with van der Waals surface area (Å²) in [5, 5.41) is 34.6. The van der Waals surface area contributed by atoms with Crippen LogP contribution in [0.15, 0.2) is 0 Å². The second-order valence-corrected chi connectivity index (χ2v) is 7.90. The number of amides is 4. The Morgan fingerprint density at radius 3 is 1.73 bits per heavy atom. The molecule has 0 aromatic heterocycles. The molecule has 0 aliphatic carbocycles. The molecule has 5 atom stereocenters. The normalized spacial score (nSPS) is 15.5. The van der Waals surface area contributed by atoms with Crippen molar-refractivity contribution in [3.63, 3.8) is 0 Å². The van der Waals surface area contributed by atoms with E-state index in [-0.39, 0.29) is 25.7 Å². The SMILES string of the molecule is CC(C)C(NC(=O)C(NC(=O)C(N)CCC(=O)O)C(C)O)C(=O)NC(CCC(N)=O)C(=O)O. The van der Waals surface area contributed by atoms with E-state index in [1.165, 1.54) is 6.92 Å². The zero-order valence-electron chi connectivity index (χ0n) is 18.7. The Hall–Kier alpha value is -3.26. The van der Waals surface area contributed by atoms with Gasteiger partial charge in [-0.2, -0.15) is 0 Å². The third-order valence-corrected chi connectivity index (χ3v) is 4.61. The van der Waals surface area contributed by atoms with Crippen LogP contribution in [0.25, 0.3) is 0 Å². The van der Waals surface area contributed by atoms with Gasteiger partial charge in [0.1, 0.15) is 18.1 Å². The number of aliphatic hydroxyl groups is 1. The molecule has 0 aromatic rings. The van der Waals surface area contributed by atoms with Crippen LogP contribution in [0.3, 0.4) is 0 Å². The third kappa shape index (κ3) is 11.2. The maximum absolute atomic E-state index is 12.7. The molecule has 0 aliphatic rings. The smallest absolute Gasteiger partial charge is 0.326 e. The van der Waals surface area contributed by atoms with Crippen LogP contribution in [0.2, 0.25) is 0 Å². The van der Waals surface area contributed by atoms with Gasteiger partial charge >= 0.3 is 11.9 Å². The molecule has 0 heterocycles. The van der Waals surface area contributed by atoms with Gasteiger partial charge < -0.3 is 42.7 Å². The topological polar surface area (TPSA) is 251 Å². The molecule has 0 saturated carbocycles. The van der Waals surface area contributed by atoms with Crippen molar-refractivity contribution in [3.8, 4) is 0 Å². The second-order valence-electron chi connectivity index (χ2n) is 7.90. The molecular weight excluding hydrogens is 442 g/mol. The number of carbonyl (C=O) groups excluding carboxylic acids is 4. The average Bonchev–Trinajstić information content (AvgIpc) is 2.69. The first-order chi connectivity index (χ1) is 15.2. The molecule has 0 saturated heterocycles. The largest absolute Gasteiger partial charge is 0.481 e. The number of primary amides is 1. The Morgan fingerprint density at radius 2 is 1.30 bits per heavy atom. The van der Waals surface area contributed by atoms with Crippen LogP contribution in [0, 0.1) is 5.92 Å². The van der Waals surface area contributed by atoms with Gasteiger partial charge in [-0.05, 0) is 25.7 Å². The molecule has 10 N–H and O–H groups in total. The van der Waals surface area contributed by atoms with E-state index in [1.54, 1.807) is 13.8 Å². The maximum atomic E-state index is 12.7. The van der Waals surface area contributed by atoms with E-state index in [0.29, 0.717) is 0 Å². The summed E-state index contributed by atoms with van der Waals surface area (Å²) in [6.07, 6.45) is -2.52. The number of hydrogen-bond acceptors (Lipinski definition) is 8. The van der Waals surface area contributed by atoms with E-state index in [9.17, 15) is 39.0 Å². The summed E-state index contributed by atoms with van der Waals surface area (Å²) in [6, 6.07) is -5.44. The van der Waals surface area contributed by atoms with Crippen molar-refractivity contribution >= 4 is 35.6 Å². The van der Waals surface area contributed by atoms with E-state index in [1.807, 2.05) is 0 Å². The first-order valence-electron chi connectivity index (χ1n) is 10.2. The number of hydrogen-bond donors (Lipinski definition) is 8. The van der Waals surface area contributed by atoms with E-state index in [0.717, 1.165) is 0 Å². The van der Waals surface area contributed by atoms with Gasteiger partial charge in [-0.25, -0.2) is 4.79 Å². The summed E-state index contributed by atoms with van der Waals surface area (Å²) in [6.45, 7) is 4.35. The van der Waals surface area contributed by atoms with Crippen molar-refractivity contribution in [2.45, 2.75) is 76.7 Å². The van der Waals surface area contributed by atoms with Crippen molar-refractivity contribution in [3.05, 3.63) is 0 Å². The molecule has 0 radical (unpaired) electrons. The van der Waals surface area contributed by atoms with E-state index in [2.05, 4.69) is 16.0 Å². The number of nitrogens with two attached hydrogens (primary N) is 2. The van der Waals surface area contributed by atoms with E-state index < -0.39 is 71.8 Å². The summed E-state index contributed by atoms with van der Waals surface area (Å²) in [4.78, 5) is 70.4. The molecule has 0 fully saturated rings. The quantitative estimate of drug-likeness (QED) is 0.119. The number of carbonyl (C=O) groups is 6. The molecule has 33 heavy (non-hydrogen) atoms. The van der Waals surface area contributed by atoms with Crippen molar-refractivity contribution in [2.75, 3.05) is 0 Å². The van der Waals surface area contributed by atoms with Crippen LogP contribution in [0.5, 0.6) is 0 Å². The summed E-state index contributed by atoms with van der Waals surface area (Å²) >= 11 is 0. The van der Waals surface area contributed by atoms with Crippen LogP contribution in [-0.2, 0) is 28.8 Å². The number of carboxylic acids is 2. The lowest BCUT2D eigenvalue weighted by Crippen LogP contribution is -2.60. The van der Waals surface area contributed by atoms with E-state index >= 15 is 0 Å². The van der Waals surface area contributed by atoms with Crippen molar-refractivity contribution in [1.29, 1.82) is 0 Å². The minimum atomic E-state index is -1.52. The number of nitrogens with one attached hydrogen (secondary N) is 3. The van der Waals surface area contributed by atoms with Crippen LogP contribution < -0.4 is 27.4 Å². The van der Waals surface area contributed by atoms with Crippen LogP contribution in [0.1, 0.15) is 46.5 Å². The lowest BCUT2D eigenvalue weighted by Gasteiger charge is -2.28. The highest BCUT2D eigenvalue weighted by molar-refractivity contribution is 5.94. The van der Waals surface area contributed by atoms with Gasteiger partial charge in [-0.15, -0.1) is 0 Å². The lowest BCUT2D eigenvalue weighted by atomic mass is 10.0. The zero-order valence-corrected chi connectivity index (χ0v) is 18.7. The summed E-state index contributed by atoms with van der Waals surface area (Å²) in [5.41, 5.74) is 10.6.